The van der Waals surface area contributed by atoms with Gasteiger partial charge in [-0.1, -0.05) is 14.9 Å². The molecule has 3 N–H and O–H groups in total. The van der Waals surface area contributed by atoms with Crippen molar-refractivity contribution in [2.45, 2.75) is 27.7 Å². The number of hydrogen-bond acceptors (Lipinski definition) is 8. The lowest BCUT2D eigenvalue weighted by atomic mass is 10.1. The predicted octanol–water partition coefficient (Wildman–Crippen LogP) is 1.78. The molecule has 3 aliphatic heterocycles. The number of hydrazine groups is 1. The van der Waals surface area contributed by atoms with Crippen molar-refractivity contribution in [3.8, 4) is 0 Å². The highest BCUT2D eigenvalue weighted by atomic mass is 16.5. The van der Waals surface area contributed by atoms with Crippen LogP contribution in [0.1, 0.15) is 27.7 Å². The van der Waals surface area contributed by atoms with Crippen molar-refractivity contribution in [3.63, 3.8) is 0 Å². The van der Waals surface area contributed by atoms with E-state index in [0.717, 1.165) is 81.9 Å². The first kappa shape index (κ1) is 27.8. The molecule has 9 heteroatoms. The first-order valence-corrected chi connectivity index (χ1v) is 10.5. The molecule has 0 spiro atoms. The van der Waals surface area contributed by atoms with Gasteiger partial charge in [0.1, 0.15) is 5.82 Å². The largest absolute Gasteiger partial charge is 0.477 e. The molecule has 0 aliphatic carbocycles. The predicted molar refractivity (Wildman–Crippen MR) is 131 cm³/mol. The van der Waals surface area contributed by atoms with Crippen LogP contribution in [0.15, 0.2) is 40.9 Å². The summed E-state index contributed by atoms with van der Waals surface area (Å²) in [6.45, 7) is 7.02. The Bertz CT molecular complexity index is 737. The number of pyridine rings is 1. The van der Waals surface area contributed by atoms with Crippen molar-refractivity contribution in [2.75, 3.05) is 71.5 Å². The number of likely N-dealkylation sites (tertiary alicyclic amines) is 1. The second-order valence-corrected chi connectivity index (χ2v) is 7.91. The zero-order valence-corrected chi connectivity index (χ0v) is 18.0. The number of nitrogens with one attached hydrogen (secondary N) is 1. The van der Waals surface area contributed by atoms with Crippen LogP contribution in [0.25, 0.3) is 0 Å². The second kappa shape index (κ2) is 13.4. The number of morpholine rings is 1. The molecule has 1 aromatic rings. The minimum atomic E-state index is 0. The smallest absolute Gasteiger partial charge is 0.215 e. The molecule has 32 heavy (non-hydrogen) atoms. The van der Waals surface area contributed by atoms with E-state index in [4.69, 9.17) is 9.47 Å². The summed E-state index contributed by atoms with van der Waals surface area (Å²) >= 11 is 0. The van der Waals surface area contributed by atoms with E-state index < -0.39 is 0 Å². The second-order valence-electron chi connectivity index (χ2n) is 7.91. The Morgan fingerprint density at radius 2 is 2.03 bits per heavy atom. The maximum absolute atomic E-state index is 6.25. The highest BCUT2D eigenvalue weighted by molar-refractivity contribution is 5.95. The third-order valence-corrected chi connectivity index (χ3v) is 5.78. The maximum Gasteiger partial charge on any atom is 0.215 e. The Kier molecular flexibility index (Phi) is 11.6. The minimum Gasteiger partial charge on any atom is -0.477 e. The molecule has 2 fully saturated rings. The molecule has 1 unspecified atom stereocenters. The summed E-state index contributed by atoms with van der Waals surface area (Å²) in [6, 6.07) is 4.07. The normalized spacial score (nSPS) is 22.1. The van der Waals surface area contributed by atoms with Crippen molar-refractivity contribution in [1.29, 1.82) is 0 Å². The molecule has 0 radical (unpaired) electrons. The van der Waals surface area contributed by atoms with Gasteiger partial charge in [-0.3, -0.25) is 9.98 Å². The van der Waals surface area contributed by atoms with Crippen LogP contribution in [0.5, 0.6) is 0 Å². The molecular weight excluding hydrogens is 408 g/mol. The molecule has 0 aromatic carbocycles. The maximum atomic E-state index is 6.25. The van der Waals surface area contributed by atoms with Crippen LogP contribution in [0.4, 0.5) is 5.69 Å². The third kappa shape index (κ3) is 6.65. The summed E-state index contributed by atoms with van der Waals surface area (Å²) in [5.74, 6) is 2.37. The van der Waals surface area contributed by atoms with Gasteiger partial charge in [-0.2, -0.15) is 0 Å². The standard InChI is InChI=1S/C21H32N6O2.2CH4.H2O/c1-22-21(29-16-17-5-8-25(2)15-17)19-6-9-27(18-4-3-7-23-14-18)20(19)24-26-10-12-28-13-11-26;;;/h3-4,7,14,17,24H,5-6,8-13,15-16H2,1-2H3;2*1H4;1H2. The summed E-state index contributed by atoms with van der Waals surface area (Å²) in [6.07, 6.45) is 5.79. The van der Waals surface area contributed by atoms with Crippen LogP contribution in [-0.2, 0) is 9.47 Å². The van der Waals surface area contributed by atoms with Gasteiger partial charge in [0, 0.05) is 45.3 Å². The van der Waals surface area contributed by atoms with E-state index >= 15 is 0 Å². The third-order valence-electron chi connectivity index (χ3n) is 5.78. The zero-order chi connectivity index (χ0) is 20.1. The SMILES string of the molecule is C.C.CN=C(OCC1CCN(C)C1)C1=C(NN2CCOCC2)N(c2cccnc2)CC1.O. The van der Waals surface area contributed by atoms with Gasteiger partial charge >= 0.3 is 0 Å². The lowest BCUT2D eigenvalue weighted by molar-refractivity contribution is 0.0182. The Balaban J connectivity index is 0.00000171. The van der Waals surface area contributed by atoms with Crippen LogP contribution in [0.2, 0.25) is 0 Å². The van der Waals surface area contributed by atoms with Crippen LogP contribution >= 0.6 is 0 Å². The molecule has 9 nitrogen and oxygen atoms in total. The van der Waals surface area contributed by atoms with Crippen molar-refractivity contribution in [1.82, 2.24) is 20.3 Å². The molecule has 0 saturated carbocycles. The fourth-order valence-corrected chi connectivity index (χ4v) is 4.20. The molecule has 1 atom stereocenters. The molecule has 2 saturated heterocycles. The van der Waals surface area contributed by atoms with Crippen LogP contribution in [0, 0.1) is 5.92 Å². The van der Waals surface area contributed by atoms with Gasteiger partial charge < -0.3 is 30.2 Å². The van der Waals surface area contributed by atoms with Gasteiger partial charge in [0.25, 0.3) is 0 Å². The summed E-state index contributed by atoms with van der Waals surface area (Å²) in [5.41, 5.74) is 5.84. The van der Waals surface area contributed by atoms with Crippen molar-refractivity contribution < 1.29 is 14.9 Å². The van der Waals surface area contributed by atoms with Gasteiger partial charge in [-0.25, -0.2) is 5.01 Å². The molecule has 1 aromatic heterocycles. The molecule has 4 heterocycles. The molecule has 3 aliphatic rings. The van der Waals surface area contributed by atoms with E-state index in [0.29, 0.717) is 5.92 Å². The van der Waals surface area contributed by atoms with E-state index in [9.17, 15) is 0 Å². The summed E-state index contributed by atoms with van der Waals surface area (Å²) in [5, 5.41) is 2.22. The van der Waals surface area contributed by atoms with E-state index in [1.54, 1.807) is 6.20 Å². The van der Waals surface area contributed by atoms with Gasteiger partial charge in [-0.05, 0) is 38.6 Å². The van der Waals surface area contributed by atoms with Gasteiger partial charge in [-0.15, -0.1) is 0 Å². The first-order valence-electron chi connectivity index (χ1n) is 10.5. The summed E-state index contributed by atoms with van der Waals surface area (Å²) < 4.78 is 11.8. The fraction of sp³-hybridized carbons (Fsp3) is 0.652. The minimum absolute atomic E-state index is 0. The molecule has 0 bridgehead atoms. The fourth-order valence-electron chi connectivity index (χ4n) is 4.20. The number of rotatable bonds is 6. The van der Waals surface area contributed by atoms with Gasteiger partial charge in [0.15, 0.2) is 0 Å². The van der Waals surface area contributed by atoms with Crippen LogP contribution < -0.4 is 10.3 Å². The molecule has 0 amide bonds. The van der Waals surface area contributed by atoms with Crippen molar-refractivity contribution >= 4 is 11.6 Å². The van der Waals surface area contributed by atoms with Gasteiger partial charge in [0.05, 0.1) is 37.3 Å². The summed E-state index contributed by atoms with van der Waals surface area (Å²) in [4.78, 5) is 13.5. The Morgan fingerprint density at radius 1 is 1.25 bits per heavy atom. The van der Waals surface area contributed by atoms with Crippen molar-refractivity contribution in [2.24, 2.45) is 10.9 Å². The Hall–Kier alpha value is -2.20. The lowest BCUT2D eigenvalue weighted by Crippen LogP contribution is -2.48. The van der Waals surface area contributed by atoms with Gasteiger partial charge in [0.2, 0.25) is 5.90 Å². The van der Waals surface area contributed by atoms with Crippen LogP contribution in [-0.4, -0.2) is 92.9 Å². The number of anilines is 1. The highest BCUT2D eigenvalue weighted by Gasteiger charge is 2.30. The topological polar surface area (TPSA) is 97.0 Å². The Labute approximate surface area is 193 Å². The molecule has 4 rings (SSSR count). The lowest BCUT2D eigenvalue weighted by Gasteiger charge is -2.32. The highest BCUT2D eigenvalue weighted by Crippen LogP contribution is 2.29. The monoisotopic (exact) mass is 450 g/mol. The quantitative estimate of drug-likeness (QED) is 0.521. The number of nitrogens with zero attached hydrogens (tertiary/aromatic N) is 5. The zero-order valence-electron chi connectivity index (χ0n) is 18.0. The Morgan fingerprint density at radius 3 is 2.66 bits per heavy atom. The van der Waals surface area contributed by atoms with E-state index in [1.165, 1.54) is 6.42 Å². The van der Waals surface area contributed by atoms with E-state index in [-0.39, 0.29) is 20.3 Å². The number of ether oxygens (including phenoxy) is 2. The molecule has 182 valence electrons. The van der Waals surface area contributed by atoms with Crippen LogP contribution in [0.3, 0.4) is 0 Å². The average molecular weight is 451 g/mol. The van der Waals surface area contributed by atoms with E-state index in [2.05, 4.69) is 43.3 Å². The van der Waals surface area contributed by atoms with E-state index in [1.807, 2.05) is 19.3 Å². The first-order chi connectivity index (χ1) is 14.2. The summed E-state index contributed by atoms with van der Waals surface area (Å²) in [7, 11) is 3.99. The average Bonchev–Trinajstić information content (AvgIpc) is 3.36. The number of aliphatic imine (C=N–C) groups is 1. The molecular formula is C23H42N6O3. The number of hydrogen-bond donors (Lipinski definition) is 1. The van der Waals surface area contributed by atoms with Crippen molar-refractivity contribution in [3.05, 3.63) is 35.9 Å². The number of aromatic nitrogens is 1.